The Morgan fingerprint density at radius 3 is 2.17 bits per heavy atom. The van der Waals surface area contributed by atoms with Gasteiger partial charge in [0.15, 0.2) is 0 Å². The molecule has 0 atom stereocenters. The van der Waals surface area contributed by atoms with Crippen LogP contribution in [-0.4, -0.2) is 29.3 Å². The highest BCUT2D eigenvalue weighted by atomic mass is 19.4. The summed E-state index contributed by atoms with van der Waals surface area (Å²) in [7, 11) is 0. The van der Waals surface area contributed by atoms with Gasteiger partial charge in [0.1, 0.15) is 5.54 Å². The molecule has 0 aliphatic heterocycles. The molecule has 0 bridgehead atoms. The molecule has 2 saturated carbocycles. The van der Waals surface area contributed by atoms with Crippen LogP contribution < -0.4 is 5.32 Å². The maximum atomic E-state index is 12.6. The van der Waals surface area contributed by atoms with Gasteiger partial charge in [-0.25, -0.2) is 0 Å². The summed E-state index contributed by atoms with van der Waals surface area (Å²) in [5.41, 5.74) is -1.13. The number of rotatable bonds is 4. The highest BCUT2D eigenvalue weighted by Gasteiger charge is 2.49. The van der Waals surface area contributed by atoms with Gasteiger partial charge in [0.25, 0.3) is 0 Å². The number of carbonyl (C=O) groups is 1. The number of nitrogens with one attached hydrogen (secondary N) is 1. The van der Waals surface area contributed by atoms with E-state index in [0.717, 1.165) is 12.8 Å². The van der Waals surface area contributed by atoms with Crippen molar-refractivity contribution in [2.75, 3.05) is 6.54 Å². The molecule has 2 N–H and O–H groups in total. The van der Waals surface area contributed by atoms with E-state index in [1.165, 1.54) is 0 Å². The minimum Gasteiger partial charge on any atom is -0.480 e. The lowest BCUT2D eigenvalue weighted by atomic mass is 9.76. The zero-order valence-electron chi connectivity index (χ0n) is 10.1. The van der Waals surface area contributed by atoms with Crippen molar-refractivity contribution in [1.29, 1.82) is 0 Å². The molecule has 0 spiro atoms. The maximum Gasteiger partial charge on any atom is 0.391 e. The minimum absolute atomic E-state index is 0.0687. The predicted octanol–water partition coefficient (Wildman–Crippen LogP) is 2.56. The summed E-state index contributed by atoms with van der Waals surface area (Å²) in [5, 5.41) is 12.3. The molecule has 0 unspecified atom stereocenters. The first-order valence-corrected chi connectivity index (χ1v) is 6.39. The van der Waals surface area contributed by atoms with Crippen molar-refractivity contribution in [3.63, 3.8) is 0 Å². The second kappa shape index (κ2) is 4.72. The number of hydrogen-bond acceptors (Lipinski definition) is 2. The lowest BCUT2D eigenvalue weighted by Gasteiger charge is -2.38. The third kappa shape index (κ3) is 2.96. The number of hydrogen-bond donors (Lipinski definition) is 2. The van der Waals surface area contributed by atoms with E-state index in [9.17, 15) is 23.1 Å². The van der Waals surface area contributed by atoms with Crippen LogP contribution in [0, 0.1) is 11.8 Å². The fourth-order valence-electron chi connectivity index (χ4n) is 2.57. The predicted molar refractivity (Wildman–Crippen MR) is 59.1 cm³/mol. The largest absolute Gasteiger partial charge is 0.480 e. The summed E-state index contributed by atoms with van der Waals surface area (Å²) in [6, 6.07) is 0. The second-order valence-corrected chi connectivity index (χ2v) is 5.53. The Kier molecular flexibility index (Phi) is 3.58. The van der Waals surface area contributed by atoms with Crippen molar-refractivity contribution in [2.45, 2.75) is 50.2 Å². The quantitative estimate of drug-likeness (QED) is 0.821. The Morgan fingerprint density at radius 2 is 1.78 bits per heavy atom. The van der Waals surface area contributed by atoms with E-state index in [1.54, 1.807) is 0 Å². The van der Waals surface area contributed by atoms with Gasteiger partial charge in [0.05, 0.1) is 5.92 Å². The molecule has 0 aromatic rings. The van der Waals surface area contributed by atoms with Crippen LogP contribution in [0.25, 0.3) is 0 Å². The molecule has 0 aromatic carbocycles. The van der Waals surface area contributed by atoms with Crippen LogP contribution in [0.2, 0.25) is 0 Å². The van der Waals surface area contributed by atoms with Crippen molar-refractivity contribution in [3.8, 4) is 0 Å². The normalized spacial score (nSPS) is 33.4. The van der Waals surface area contributed by atoms with Crippen LogP contribution in [0.3, 0.4) is 0 Å². The van der Waals surface area contributed by atoms with Gasteiger partial charge < -0.3 is 10.4 Å². The molecule has 2 aliphatic rings. The molecular formula is C12H18F3NO2. The van der Waals surface area contributed by atoms with E-state index < -0.39 is 23.6 Å². The molecule has 18 heavy (non-hydrogen) atoms. The van der Waals surface area contributed by atoms with E-state index >= 15 is 0 Å². The van der Waals surface area contributed by atoms with Gasteiger partial charge in [-0.2, -0.15) is 13.2 Å². The molecule has 0 aromatic heterocycles. The molecule has 2 fully saturated rings. The summed E-state index contributed by atoms with van der Waals surface area (Å²) >= 11 is 0. The van der Waals surface area contributed by atoms with E-state index in [1.807, 2.05) is 0 Å². The SMILES string of the molecule is O=C(O)C1(NCC2CC2)CCC(C(F)(F)F)CC1. The number of halogens is 3. The molecule has 6 heteroatoms. The van der Waals surface area contributed by atoms with E-state index in [2.05, 4.69) is 5.32 Å². The highest BCUT2D eigenvalue weighted by molar-refractivity contribution is 5.79. The molecule has 2 aliphatic carbocycles. The monoisotopic (exact) mass is 265 g/mol. The average molecular weight is 265 g/mol. The van der Waals surface area contributed by atoms with Crippen molar-refractivity contribution >= 4 is 5.97 Å². The van der Waals surface area contributed by atoms with Gasteiger partial charge in [0, 0.05) is 0 Å². The van der Waals surface area contributed by atoms with Crippen molar-refractivity contribution in [2.24, 2.45) is 11.8 Å². The topological polar surface area (TPSA) is 49.3 Å². The van der Waals surface area contributed by atoms with Crippen molar-refractivity contribution in [3.05, 3.63) is 0 Å². The molecule has 0 amide bonds. The van der Waals surface area contributed by atoms with E-state index in [-0.39, 0.29) is 25.7 Å². The van der Waals surface area contributed by atoms with Crippen LogP contribution in [0.4, 0.5) is 13.2 Å². The summed E-state index contributed by atoms with van der Waals surface area (Å²) < 4.78 is 37.7. The Labute approximate surface area is 104 Å². The summed E-state index contributed by atoms with van der Waals surface area (Å²) in [5.74, 6) is -1.84. The summed E-state index contributed by atoms with van der Waals surface area (Å²) in [4.78, 5) is 11.3. The standard InChI is InChI=1S/C12H18F3NO2/c13-12(14,15)9-3-5-11(6-4-9,10(17)18)16-7-8-1-2-8/h8-9,16H,1-7H2,(H,17,18). The fourth-order valence-corrected chi connectivity index (χ4v) is 2.57. The first kappa shape index (κ1) is 13.6. The molecule has 0 heterocycles. The van der Waals surface area contributed by atoms with Gasteiger partial charge in [-0.15, -0.1) is 0 Å². The van der Waals surface area contributed by atoms with Crippen molar-refractivity contribution in [1.82, 2.24) is 5.32 Å². The lowest BCUT2D eigenvalue weighted by molar-refractivity contribution is -0.188. The van der Waals surface area contributed by atoms with E-state index in [0.29, 0.717) is 12.5 Å². The smallest absolute Gasteiger partial charge is 0.391 e. The Morgan fingerprint density at radius 1 is 1.22 bits per heavy atom. The van der Waals surface area contributed by atoms with Gasteiger partial charge in [0.2, 0.25) is 0 Å². The van der Waals surface area contributed by atoms with Crippen LogP contribution in [0.1, 0.15) is 38.5 Å². The summed E-state index contributed by atoms with van der Waals surface area (Å²) in [6.07, 6.45) is -2.05. The Hall–Kier alpha value is -0.780. The van der Waals surface area contributed by atoms with Gasteiger partial charge in [-0.05, 0) is 51.0 Å². The first-order valence-electron chi connectivity index (χ1n) is 6.39. The van der Waals surface area contributed by atoms with Crippen LogP contribution in [0.15, 0.2) is 0 Å². The third-order valence-electron chi connectivity index (χ3n) is 4.14. The van der Waals surface area contributed by atoms with Gasteiger partial charge >= 0.3 is 12.1 Å². The number of aliphatic carboxylic acids is 1. The van der Waals surface area contributed by atoms with E-state index in [4.69, 9.17) is 0 Å². The molecule has 2 rings (SSSR count). The number of carboxylic acid groups (broad SMARTS) is 1. The molecule has 0 saturated heterocycles. The van der Waals surface area contributed by atoms with Crippen LogP contribution in [0.5, 0.6) is 0 Å². The molecule has 0 radical (unpaired) electrons. The Bertz CT molecular complexity index is 318. The van der Waals surface area contributed by atoms with Gasteiger partial charge in [-0.1, -0.05) is 0 Å². The summed E-state index contributed by atoms with van der Waals surface area (Å²) in [6.45, 7) is 0.614. The third-order valence-corrected chi connectivity index (χ3v) is 4.14. The minimum atomic E-state index is -4.19. The van der Waals surface area contributed by atoms with Crippen LogP contribution in [-0.2, 0) is 4.79 Å². The maximum absolute atomic E-state index is 12.6. The number of alkyl halides is 3. The van der Waals surface area contributed by atoms with Crippen LogP contribution >= 0.6 is 0 Å². The first-order chi connectivity index (χ1) is 8.33. The fraction of sp³-hybridized carbons (Fsp3) is 0.917. The zero-order chi connectivity index (χ0) is 13.4. The lowest BCUT2D eigenvalue weighted by Crippen LogP contribution is -2.55. The zero-order valence-corrected chi connectivity index (χ0v) is 10.1. The Balaban J connectivity index is 1.94. The second-order valence-electron chi connectivity index (χ2n) is 5.53. The molecule has 104 valence electrons. The average Bonchev–Trinajstić information content (AvgIpc) is 3.09. The highest BCUT2D eigenvalue weighted by Crippen LogP contribution is 2.41. The van der Waals surface area contributed by atoms with Gasteiger partial charge in [-0.3, -0.25) is 4.79 Å². The molecule has 3 nitrogen and oxygen atoms in total. The van der Waals surface area contributed by atoms with Crippen molar-refractivity contribution < 1.29 is 23.1 Å². The number of carboxylic acids is 1. The molecular weight excluding hydrogens is 247 g/mol.